The van der Waals surface area contributed by atoms with Crippen LogP contribution in [-0.4, -0.2) is 35.9 Å². The van der Waals surface area contributed by atoms with Gasteiger partial charge in [-0.3, -0.25) is 9.67 Å². The van der Waals surface area contributed by atoms with Crippen LogP contribution in [0.25, 0.3) is 0 Å². The van der Waals surface area contributed by atoms with Crippen LogP contribution in [0.5, 0.6) is 5.75 Å². The molecule has 0 radical (unpaired) electrons. The molecule has 148 valence electrons. The summed E-state index contributed by atoms with van der Waals surface area (Å²) in [5, 5.41) is 10.9. The number of aliphatic imine (C=N–C) groups is 1. The fourth-order valence-electron chi connectivity index (χ4n) is 2.80. The maximum absolute atomic E-state index is 6.02. The number of nitrogens with one attached hydrogen (secondary N) is 2. The minimum absolute atomic E-state index is 0.677. The van der Waals surface area contributed by atoms with Gasteiger partial charge in [-0.05, 0) is 37.0 Å². The fourth-order valence-corrected chi connectivity index (χ4v) is 2.80. The Labute approximate surface area is 163 Å². The summed E-state index contributed by atoms with van der Waals surface area (Å²) in [6, 6.07) is 6.36. The zero-order chi connectivity index (χ0) is 19.5. The van der Waals surface area contributed by atoms with E-state index < -0.39 is 0 Å². The van der Waals surface area contributed by atoms with Crippen LogP contribution in [0.15, 0.2) is 35.6 Å². The highest BCUT2D eigenvalue weighted by molar-refractivity contribution is 5.79. The second-order valence-corrected chi connectivity index (χ2v) is 6.79. The molecule has 0 unspecified atom stereocenters. The van der Waals surface area contributed by atoms with E-state index in [9.17, 15) is 0 Å². The molecule has 2 aromatic rings. The predicted octanol–water partition coefficient (Wildman–Crippen LogP) is 3.21. The molecule has 0 saturated heterocycles. The van der Waals surface area contributed by atoms with Crippen LogP contribution in [0.3, 0.4) is 0 Å². The Kier molecular flexibility index (Phi) is 8.68. The molecule has 2 rings (SSSR count). The Morgan fingerprint density at radius 3 is 2.81 bits per heavy atom. The number of aromatic nitrogens is 2. The first kappa shape index (κ1) is 20.8. The highest BCUT2D eigenvalue weighted by Gasteiger charge is 2.06. The standard InChI is InChI=1S/C21H33N5O/c1-5-6-7-12-27-20-13-17(2)8-9-19(20)15-24-21(22-3)23-11-10-18-14-25-26(4)16-18/h8-9,13-14,16H,5-7,10-12,15H2,1-4H3,(H2,22,23,24). The molecule has 1 heterocycles. The molecule has 27 heavy (non-hydrogen) atoms. The lowest BCUT2D eigenvalue weighted by atomic mass is 10.1. The summed E-state index contributed by atoms with van der Waals surface area (Å²) in [5.41, 5.74) is 3.57. The van der Waals surface area contributed by atoms with Gasteiger partial charge in [-0.2, -0.15) is 5.10 Å². The van der Waals surface area contributed by atoms with Crippen molar-refractivity contribution in [2.45, 2.75) is 46.1 Å². The molecule has 6 heteroatoms. The molecule has 0 fully saturated rings. The lowest BCUT2D eigenvalue weighted by Crippen LogP contribution is -2.37. The van der Waals surface area contributed by atoms with E-state index in [1.165, 1.54) is 24.0 Å². The van der Waals surface area contributed by atoms with E-state index in [-0.39, 0.29) is 0 Å². The fraction of sp³-hybridized carbons (Fsp3) is 0.524. The zero-order valence-electron chi connectivity index (χ0n) is 17.1. The van der Waals surface area contributed by atoms with Crippen molar-refractivity contribution in [3.63, 3.8) is 0 Å². The van der Waals surface area contributed by atoms with Gasteiger partial charge >= 0.3 is 0 Å². The van der Waals surface area contributed by atoms with Gasteiger partial charge < -0.3 is 15.4 Å². The minimum atomic E-state index is 0.677. The normalized spacial score (nSPS) is 11.5. The van der Waals surface area contributed by atoms with Gasteiger partial charge in [0.15, 0.2) is 5.96 Å². The van der Waals surface area contributed by atoms with Crippen molar-refractivity contribution in [1.29, 1.82) is 0 Å². The molecule has 2 N–H and O–H groups in total. The first-order valence-corrected chi connectivity index (χ1v) is 9.76. The van der Waals surface area contributed by atoms with Crippen LogP contribution < -0.4 is 15.4 Å². The summed E-state index contributed by atoms with van der Waals surface area (Å²) in [7, 11) is 3.72. The van der Waals surface area contributed by atoms with Crippen molar-refractivity contribution in [3.8, 4) is 5.75 Å². The highest BCUT2D eigenvalue weighted by atomic mass is 16.5. The number of rotatable bonds is 10. The van der Waals surface area contributed by atoms with Gasteiger partial charge in [0.25, 0.3) is 0 Å². The third-order valence-corrected chi connectivity index (χ3v) is 4.36. The number of guanidine groups is 1. The molecule has 0 aliphatic rings. The van der Waals surface area contributed by atoms with Gasteiger partial charge in [0.05, 0.1) is 12.8 Å². The van der Waals surface area contributed by atoms with E-state index in [0.717, 1.165) is 43.3 Å². The van der Waals surface area contributed by atoms with E-state index in [1.54, 1.807) is 7.05 Å². The lowest BCUT2D eigenvalue weighted by molar-refractivity contribution is 0.303. The molecular formula is C21H33N5O. The van der Waals surface area contributed by atoms with E-state index in [1.807, 2.05) is 24.1 Å². The number of hydrogen-bond donors (Lipinski definition) is 2. The molecule has 6 nitrogen and oxygen atoms in total. The molecule has 0 bridgehead atoms. The predicted molar refractivity (Wildman–Crippen MR) is 111 cm³/mol. The van der Waals surface area contributed by atoms with Gasteiger partial charge in [0.1, 0.15) is 5.75 Å². The monoisotopic (exact) mass is 371 g/mol. The maximum Gasteiger partial charge on any atom is 0.191 e. The molecule has 0 aliphatic carbocycles. The molecule has 1 aromatic carbocycles. The van der Waals surface area contributed by atoms with E-state index in [0.29, 0.717) is 6.54 Å². The molecule has 1 aromatic heterocycles. The van der Waals surface area contributed by atoms with Gasteiger partial charge in [-0.25, -0.2) is 0 Å². The van der Waals surface area contributed by atoms with Crippen LogP contribution in [0.1, 0.15) is 42.9 Å². The van der Waals surface area contributed by atoms with Crippen LogP contribution in [0.2, 0.25) is 0 Å². The second-order valence-electron chi connectivity index (χ2n) is 6.79. The third-order valence-electron chi connectivity index (χ3n) is 4.36. The Morgan fingerprint density at radius 2 is 2.11 bits per heavy atom. The number of hydrogen-bond acceptors (Lipinski definition) is 3. The lowest BCUT2D eigenvalue weighted by Gasteiger charge is -2.15. The van der Waals surface area contributed by atoms with E-state index >= 15 is 0 Å². The van der Waals surface area contributed by atoms with Crippen LogP contribution in [-0.2, 0) is 20.0 Å². The van der Waals surface area contributed by atoms with Crippen LogP contribution in [0.4, 0.5) is 0 Å². The number of nitrogens with zero attached hydrogens (tertiary/aromatic N) is 3. The summed E-state index contributed by atoms with van der Waals surface area (Å²) in [4.78, 5) is 4.31. The van der Waals surface area contributed by atoms with Crippen molar-refractivity contribution < 1.29 is 4.74 Å². The second kappa shape index (κ2) is 11.3. The molecule has 0 amide bonds. The molecule has 0 saturated carbocycles. The van der Waals surface area contributed by atoms with Gasteiger partial charge in [-0.15, -0.1) is 0 Å². The summed E-state index contributed by atoms with van der Waals surface area (Å²) in [5.74, 6) is 1.75. The number of benzene rings is 1. The summed E-state index contributed by atoms with van der Waals surface area (Å²) < 4.78 is 7.84. The molecule has 0 aliphatic heterocycles. The third kappa shape index (κ3) is 7.33. The first-order valence-electron chi connectivity index (χ1n) is 9.76. The maximum atomic E-state index is 6.02. The molecule has 0 spiro atoms. The quantitative estimate of drug-likeness (QED) is 0.382. The topological polar surface area (TPSA) is 63.5 Å². The average Bonchev–Trinajstić information content (AvgIpc) is 3.08. The highest BCUT2D eigenvalue weighted by Crippen LogP contribution is 2.20. The summed E-state index contributed by atoms with van der Waals surface area (Å²) >= 11 is 0. The summed E-state index contributed by atoms with van der Waals surface area (Å²) in [6.07, 6.45) is 8.33. The van der Waals surface area contributed by atoms with Crippen molar-refractivity contribution in [2.75, 3.05) is 20.2 Å². The van der Waals surface area contributed by atoms with Gasteiger partial charge in [0, 0.05) is 38.9 Å². The smallest absolute Gasteiger partial charge is 0.191 e. The minimum Gasteiger partial charge on any atom is -0.493 e. The Bertz CT molecular complexity index is 723. The molecule has 0 atom stereocenters. The number of aryl methyl sites for hydroxylation is 2. The van der Waals surface area contributed by atoms with E-state index in [2.05, 4.69) is 52.8 Å². The van der Waals surface area contributed by atoms with Gasteiger partial charge in [0.2, 0.25) is 0 Å². The SMILES string of the molecule is CCCCCOc1cc(C)ccc1CNC(=NC)NCCc1cnn(C)c1. The van der Waals surface area contributed by atoms with Crippen molar-refractivity contribution >= 4 is 5.96 Å². The average molecular weight is 372 g/mol. The Hall–Kier alpha value is -2.50. The van der Waals surface area contributed by atoms with Crippen LogP contribution in [0, 0.1) is 6.92 Å². The Morgan fingerprint density at radius 1 is 1.26 bits per heavy atom. The zero-order valence-corrected chi connectivity index (χ0v) is 17.1. The van der Waals surface area contributed by atoms with Crippen molar-refractivity contribution in [1.82, 2.24) is 20.4 Å². The molecular weight excluding hydrogens is 338 g/mol. The summed E-state index contributed by atoms with van der Waals surface area (Å²) in [6.45, 7) is 6.54. The van der Waals surface area contributed by atoms with Gasteiger partial charge in [-0.1, -0.05) is 31.9 Å². The van der Waals surface area contributed by atoms with Crippen molar-refractivity contribution in [2.24, 2.45) is 12.0 Å². The van der Waals surface area contributed by atoms with E-state index in [4.69, 9.17) is 4.74 Å². The van der Waals surface area contributed by atoms with Crippen LogP contribution >= 0.6 is 0 Å². The van der Waals surface area contributed by atoms with Crippen molar-refractivity contribution in [3.05, 3.63) is 47.3 Å². The number of ether oxygens (including phenoxy) is 1. The largest absolute Gasteiger partial charge is 0.493 e. The first-order chi connectivity index (χ1) is 13.1. The Balaban J connectivity index is 1.83. The number of unbranched alkanes of at least 4 members (excludes halogenated alkanes) is 2.